The molecule has 2 heteroatoms. The minimum Gasteiger partial charge on any atom is -0.466 e. The van der Waals surface area contributed by atoms with Crippen LogP contribution in [0.4, 0.5) is 0 Å². The Morgan fingerprint density at radius 2 is 1.19 bits per heavy atom. The number of hydrogen-bond donors (Lipinski definition) is 0. The number of carbonyl (C=O) groups excluding carboxylic acids is 1. The van der Waals surface area contributed by atoms with Gasteiger partial charge in [0.1, 0.15) is 0 Å². The van der Waals surface area contributed by atoms with Gasteiger partial charge in [-0.3, -0.25) is 4.79 Å². The van der Waals surface area contributed by atoms with Gasteiger partial charge in [-0.05, 0) is 51.8 Å². The zero-order chi connectivity index (χ0) is 23.4. The lowest BCUT2D eigenvalue weighted by Gasteiger charge is -1.97. The van der Waals surface area contributed by atoms with Crippen LogP contribution < -0.4 is 0 Å². The van der Waals surface area contributed by atoms with Crippen molar-refractivity contribution < 1.29 is 16.4 Å². The topological polar surface area (TPSA) is 26.3 Å². The van der Waals surface area contributed by atoms with E-state index >= 15 is 0 Å². The smallest absolute Gasteiger partial charge is 0.306 e. The highest BCUT2D eigenvalue weighted by molar-refractivity contribution is 5.69. The lowest BCUT2D eigenvalue weighted by atomic mass is 10.2. The average Bonchev–Trinajstić information content (AvgIpc) is 2.68. The molecule has 0 saturated heterocycles. The Bertz CT molecular complexity index is 653. The van der Waals surface area contributed by atoms with Gasteiger partial charge in [0.2, 0.25) is 0 Å². The maximum Gasteiger partial charge on any atom is 0.306 e. The fraction of sp³-hybridized carbons (Fsp3) is 0.458. The van der Waals surface area contributed by atoms with Crippen molar-refractivity contribution in [3.63, 3.8) is 0 Å². The minimum atomic E-state index is -2.99. The monoisotopic (exact) mass is 361 g/mol. The van der Waals surface area contributed by atoms with Gasteiger partial charge >= 0.3 is 5.97 Å². The molecule has 0 aromatic carbocycles. The molecule has 0 aliphatic heterocycles. The van der Waals surface area contributed by atoms with Crippen molar-refractivity contribution in [3.05, 3.63) is 72.9 Å². The Balaban J connectivity index is 3.78. The van der Waals surface area contributed by atoms with Crippen LogP contribution in [-0.2, 0) is 9.53 Å². The summed E-state index contributed by atoms with van der Waals surface area (Å²) in [7, 11) is 0. The van der Waals surface area contributed by atoms with Crippen LogP contribution in [0.3, 0.4) is 0 Å². The van der Waals surface area contributed by atoms with Crippen molar-refractivity contribution in [2.75, 3.05) is 6.56 Å². The molecule has 0 radical (unpaired) electrons. The first-order valence-corrected chi connectivity index (χ1v) is 9.32. The van der Waals surface area contributed by atoms with Crippen LogP contribution in [-0.4, -0.2) is 12.5 Å². The van der Waals surface area contributed by atoms with Gasteiger partial charge in [0, 0.05) is 10.5 Å². The quantitative estimate of drug-likeness (QED) is 0.231. The number of rotatable bonds is 15. The van der Waals surface area contributed by atoms with Crippen LogP contribution in [0.15, 0.2) is 72.9 Å². The van der Waals surface area contributed by atoms with E-state index in [0.717, 1.165) is 38.5 Å². The van der Waals surface area contributed by atoms with Crippen LogP contribution in [0.1, 0.15) is 72.0 Å². The van der Waals surface area contributed by atoms with E-state index in [2.05, 4.69) is 66.3 Å². The molecule has 2 nitrogen and oxygen atoms in total. The van der Waals surface area contributed by atoms with E-state index in [9.17, 15) is 4.79 Å². The molecule has 0 aliphatic rings. The number of hydrogen-bond acceptors (Lipinski definition) is 2. The van der Waals surface area contributed by atoms with E-state index < -0.39 is 19.4 Å². The van der Waals surface area contributed by atoms with E-state index in [1.807, 2.05) is 12.2 Å². The molecule has 144 valence electrons. The standard InChI is InChI=1S/C24H36O2/c1-3-5-6-7-8-9-10-11-12-13-14-15-16-17-18-19-20-21-22-23-24(25)26-4-2/h5-6,8-9,11-12,14-15,17-18,20-21H,3-4,7,10,13,16,19,22-23H2,1-2H3/b6-5+,9-8+,12-11+,15-14+,18-17+,21-20+/i2D3,4D2. The van der Waals surface area contributed by atoms with Crippen LogP contribution >= 0.6 is 0 Å². The largest absolute Gasteiger partial charge is 0.466 e. The second-order valence-electron chi connectivity index (χ2n) is 5.53. The molecule has 0 fully saturated rings. The molecule has 0 aliphatic carbocycles. The van der Waals surface area contributed by atoms with Crippen molar-refractivity contribution in [1.29, 1.82) is 0 Å². The third-order valence-corrected chi connectivity index (χ3v) is 3.28. The number of ether oxygens (including phenoxy) is 1. The number of allylic oxidation sites excluding steroid dienone is 12. The molecule has 0 amide bonds. The molecule has 0 N–H and O–H groups in total. The molecule has 0 bridgehead atoms. The lowest BCUT2D eigenvalue weighted by molar-refractivity contribution is -0.142. The fourth-order valence-corrected chi connectivity index (χ4v) is 1.95. The van der Waals surface area contributed by atoms with E-state index in [0.29, 0.717) is 6.42 Å². The summed E-state index contributed by atoms with van der Waals surface area (Å²) in [6.45, 7) is -3.81. The van der Waals surface area contributed by atoms with Crippen molar-refractivity contribution in [2.45, 2.75) is 65.1 Å². The van der Waals surface area contributed by atoms with Gasteiger partial charge in [-0.15, -0.1) is 0 Å². The van der Waals surface area contributed by atoms with E-state index in [1.54, 1.807) is 6.08 Å². The summed E-state index contributed by atoms with van der Waals surface area (Å²) in [4.78, 5) is 11.5. The first kappa shape index (κ1) is 16.1. The van der Waals surface area contributed by atoms with Gasteiger partial charge in [0.15, 0.2) is 0 Å². The summed E-state index contributed by atoms with van der Waals surface area (Å²) in [6, 6.07) is 0. The summed E-state index contributed by atoms with van der Waals surface area (Å²) < 4.78 is 39.9. The maximum atomic E-state index is 11.5. The third-order valence-electron chi connectivity index (χ3n) is 3.28. The van der Waals surface area contributed by atoms with Crippen LogP contribution in [0.2, 0.25) is 0 Å². The van der Waals surface area contributed by atoms with Crippen LogP contribution in [0.25, 0.3) is 0 Å². The molecule has 0 atom stereocenters. The fourth-order valence-electron chi connectivity index (χ4n) is 1.95. The molecule has 0 saturated carbocycles. The Labute approximate surface area is 167 Å². The molecule has 26 heavy (non-hydrogen) atoms. The second-order valence-corrected chi connectivity index (χ2v) is 5.53. The Kier molecular flexibility index (Phi) is 13.0. The molecular weight excluding hydrogens is 320 g/mol. The highest BCUT2D eigenvalue weighted by Gasteiger charge is 1.97. The number of esters is 1. The first-order valence-electron chi connectivity index (χ1n) is 11.8. The molecule has 0 unspecified atom stereocenters. The predicted molar refractivity (Wildman–Crippen MR) is 114 cm³/mol. The molecular formula is C24H36O2. The summed E-state index contributed by atoms with van der Waals surface area (Å²) >= 11 is 0. The van der Waals surface area contributed by atoms with E-state index in [1.165, 1.54) is 0 Å². The molecule has 0 rings (SSSR count). The maximum absolute atomic E-state index is 11.5. The summed E-state index contributed by atoms with van der Waals surface area (Å²) in [5.41, 5.74) is 0. The van der Waals surface area contributed by atoms with Crippen molar-refractivity contribution in [2.24, 2.45) is 0 Å². The highest BCUT2D eigenvalue weighted by Crippen LogP contribution is 1.98. The Hall–Kier alpha value is -2.09. The summed E-state index contributed by atoms with van der Waals surface area (Å²) in [5.74, 6) is -0.861. The summed E-state index contributed by atoms with van der Waals surface area (Å²) in [6.07, 6.45) is 31.0. The summed E-state index contributed by atoms with van der Waals surface area (Å²) in [5, 5.41) is 0. The van der Waals surface area contributed by atoms with Crippen molar-refractivity contribution in [3.8, 4) is 0 Å². The normalized spacial score (nSPS) is 16.7. The zero-order valence-corrected chi connectivity index (χ0v) is 15.9. The van der Waals surface area contributed by atoms with Gasteiger partial charge in [0.25, 0.3) is 0 Å². The van der Waals surface area contributed by atoms with Gasteiger partial charge in [-0.25, -0.2) is 0 Å². The van der Waals surface area contributed by atoms with Crippen molar-refractivity contribution in [1.82, 2.24) is 0 Å². The van der Waals surface area contributed by atoms with E-state index in [4.69, 9.17) is 6.85 Å². The highest BCUT2D eigenvalue weighted by atomic mass is 16.5. The van der Waals surface area contributed by atoms with Crippen LogP contribution in [0.5, 0.6) is 0 Å². The van der Waals surface area contributed by atoms with Gasteiger partial charge in [-0.1, -0.05) is 79.8 Å². The van der Waals surface area contributed by atoms with Gasteiger partial charge in [0.05, 0.1) is 9.30 Å². The Morgan fingerprint density at radius 1 is 0.769 bits per heavy atom. The first-order chi connectivity index (χ1) is 14.7. The van der Waals surface area contributed by atoms with Gasteiger partial charge in [-0.2, -0.15) is 0 Å². The SMILES string of the molecule is [2H]C([2H])([2H])C([2H])([2H])OC(=O)CC/C=C/C/C=C/C/C=C/C/C=C/C/C=C/C/C=C/CC. The zero-order valence-electron chi connectivity index (χ0n) is 20.9. The Morgan fingerprint density at radius 3 is 1.62 bits per heavy atom. The minimum absolute atomic E-state index is 0.0578. The molecule has 0 aromatic rings. The molecule has 0 heterocycles. The van der Waals surface area contributed by atoms with E-state index in [-0.39, 0.29) is 6.42 Å². The van der Waals surface area contributed by atoms with Gasteiger partial charge < -0.3 is 4.74 Å². The van der Waals surface area contributed by atoms with Crippen LogP contribution in [0, 0.1) is 0 Å². The second kappa shape index (κ2) is 21.0. The van der Waals surface area contributed by atoms with Crippen molar-refractivity contribution >= 4 is 5.97 Å². The average molecular weight is 362 g/mol. The molecule has 0 aromatic heterocycles. The lowest BCUT2D eigenvalue weighted by Crippen LogP contribution is -2.02. The predicted octanol–water partition coefficient (Wildman–Crippen LogP) is 7.03. The number of carbonyl (C=O) groups is 1. The molecule has 0 spiro atoms. The third kappa shape index (κ3) is 20.0.